The molecule has 0 aromatic heterocycles. The van der Waals surface area contributed by atoms with Crippen LogP contribution in [0.25, 0.3) is 6.08 Å². The molecule has 0 bridgehead atoms. The van der Waals surface area contributed by atoms with E-state index in [4.69, 9.17) is 5.73 Å². The number of fused-ring (bicyclic) bond motifs is 1. The Morgan fingerprint density at radius 1 is 0.687 bits per heavy atom. The summed E-state index contributed by atoms with van der Waals surface area (Å²) in [4.78, 5) is 25.5. The minimum Gasteiger partial charge on any atom is -0.744 e. The number of benzene rings is 4. The number of carbonyl (C=O) groups is 2. The van der Waals surface area contributed by atoms with Gasteiger partial charge in [0.1, 0.15) is 47.5 Å². The molecule has 0 saturated carbocycles. The smallest absolute Gasteiger partial charge is 0.744 e. The van der Waals surface area contributed by atoms with Gasteiger partial charge in [0.2, 0.25) is 11.6 Å². The molecule has 0 fully saturated rings. The number of azo groups is 1. The quantitative estimate of drug-likeness (QED) is 0.0166. The maximum Gasteiger partial charge on any atom is 1.00 e. The van der Waals surface area contributed by atoms with Crippen molar-refractivity contribution in [2.24, 2.45) is 20.4 Å². The minimum absolute atomic E-state index is 0. The largest absolute Gasteiger partial charge is 1.00 e. The number of allylic oxidation sites excluding steroid dienone is 4. The molecule has 0 aliphatic heterocycles. The van der Waals surface area contributed by atoms with E-state index in [9.17, 15) is 48.5 Å². The van der Waals surface area contributed by atoms with Crippen molar-refractivity contribution in [3.63, 3.8) is 0 Å². The second-order valence-corrected chi connectivity index (χ2v) is 17.7. The zero-order valence-electron chi connectivity index (χ0n) is 36.7. The Labute approximate surface area is 452 Å². The summed E-state index contributed by atoms with van der Waals surface area (Å²) in [5, 5.41) is 21.5. The van der Waals surface area contributed by atoms with E-state index < -0.39 is 79.0 Å². The average molecular weight is 999 g/mol. The van der Waals surface area contributed by atoms with Crippen molar-refractivity contribution in [3.05, 3.63) is 119 Å². The molecule has 4 aromatic carbocycles. The van der Waals surface area contributed by atoms with Gasteiger partial charge in [-0.25, -0.2) is 25.3 Å². The number of rotatable bonds is 17. The summed E-state index contributed by atoms with van der Waals surface area (Å²) in [7, 11) is -16.2. The number of anilines is 5. The van der Waals surface area contributed by atoms with E-state index in [1.165, 1.54) is 36.4 Å². The van der Waals surface area contributed by atoms with Gasteiger partial charge in [0, 0.05) is 30.5 Å². The molecule has 0 radical (unpaired) electrons. The summed E-state index contributed by atoms with van der Waals surface area (Å²) in [6.07, 6.45) is 5.39. The van der Waals surface area contributed by atoms with Crippen LogP contribution in [0.2, 0.25) is 0 Å². The zero-order valence-corrected chi connectivity index (χ0v) is 45.1. The van der Waals surface area contributed by atoms with Crippen molar-refractivity contribution in [2.45, 2.75) is 23.6 Å². The first-order chi connectivity index (χ1) is 30.3. The van der Waals surface area contributed by atoms with Crippen molar-refractivity contribution in [2.75, 3.05) is 48.1 Å². The van der Waals surface area contributed by atoms with Gasteiger partial charge in [0.05, 0.1) is 48.7 Å². The summed E-state index contributed by atoms with van der Waals surface area (Å²) in [6.45, 7) is 7.48. The Bertz CT molecular complexity index is 3060. The Hall–Kier alpha value is -3.93. The third-order valence-corrected chi connectivity index (χ3v) is 12.1. The van der Waals surface area contributed by atoms with E-state index in [0.717, 1.165) is 31.8 Å². The number of nitrogens with two attached hydrogens (primary N) is 1. The van der Waals surface area contributed by atoms with Gasteiger partial charge in [-0.15, -0.1) is 5.11 Å². The minimum atomic E-state index is -5.51. The third-order valence-electron chi connectivity index (χ3n) is 9.49. The number of ketones is 2. The number of Topliss-reactive ketones (excluding diaryl/α,β-unsaturated/α-hetero) is 1. The van der Waals surface area contributed by atoms with E-state index in [2.05, 4.69) is 60.7 Å². The van der Waals surface area contributed by atoms with Crippen LogP contribution in [0, 0.1) is 0 Å². The molecule has 0 heterocycles. The molecule has 0 spiro atoms. The number of hydrogen-bond acceptors (Lipinski definition) is 21. The molecule has 2 aliphatic carbocycles. The summed E-state index contributed by atoms with van der Waals surface area (Å²) in [5.74, 6) is -1.57. The second-order valence-electron chi connectivity index (χ2n) is 13.7. The van der Waals surface area contributed by atoms with Gasteiger partial charge in [0.15, 0.2) is 0 Å². The maximum atomic E-state index is 13.7. The third kappa shape index (κ3) is 14.8. The van der Waals surface area contributed by atoms with Crippen molar-refractivity contribution in [1.29, 1.82) is 0 Å². The van der Waals surface area contributed by atoms with Crippen molar-refractivity contribution < 1.29 is 137 Å². The molecule has 6 N–H and O–H groups in total. The Morgan fingerprint density at radius 3 is 1.90 bits per heavy atom. The second kappa shape index (κ2) is 24.6. The van der Waals surface area contributed by atoms with Crippen molar-refractivity contribution in [1.82, 2.24) is 10.2 Å². The first-order valence-electron chi connectivity index (χ1n) is 18.9. The summed E-state index contributed by atoms with van der Waals surface area (Å²) >= 11 is 0. The van der Waals surface area contributed by atoms with Crippen LogP contribution in [0.1, 0.15) is 29.8 Å². The van der Waals surface area contributed by atoms with Crippen LogP contribution < -0.4 is 116 Å². The van der Waals surface area contributed by atoms with Gasteiger partial charge in [0.25, 0.3) is 0 Å². The monoisotopic (exact) mass is 998 g/mol. The van der Waals surface area contributed by atoms with Crippen LogP contribution in [-0.2, 0) is 35.1 Å². The van der Waals surface area contributed by atoms with E-state index in [0.29, 0.717) is 35.8 Å². The first-order valence-corrected chi connectivity index (χ1v) is 23.2. The van der Waals surface area contributed by atoms with Gasteiger partial charge in [-0.2, -0.15) is 15.3 Å². The molecule has 0 unspecified atom stereocenters. The number of nitrogen functional groups attached to an aromatic ring is 1. The number of nitrogens with one attached hydrogen (secondary N) is 4. The maximum absolute atomic E-state index is 13.7. The fourth-order valence-electron chi connectivity index (χ4n) is 6.23. The molecule has 67 heavy (non-hydrogen) atoms. The number of nitrogens with zero attached hydrogens (tertiary/aromatic N) is 5. The molecular formula is C40H37N10Na3O11S3. The Kier molecular flexibility index (Phi) is 21.0. The molecular weight excluding hydrogens is 962 g/mol. The normalized spacial score (nSPS) is 15.0. The van der Waals surface area contributed by atoms with Gasteiger partial charge in [-0.3, -0.25) is 20.4 Å². The predicted octanol–water partition coefficient (Wildman–Crippen LogP) is -4.48. The number of likely N-dealkylation sites (N-methyl/N-ethyl adjacent to an activating group) is 1. The van der Waals surface area contributed by atoms with E-state index in [-0.39, 0.29) is 117 Å². The molecule has 0 saturated heterocycles. The fraction of sp³-hybridized carbons (Fsp3) is 0.150. The zero-order chi connectivity index (χ0) is 46.4. The topological polar surface area (TPSA) is 333 Å². The van der Waals surface area contributed by atoms with E-state index in [1.54, 1.807) is 42.5 Å². The SMILES string of the molecule is CCN(CC)CCNC1=CC(=O)/C(=N\Nc2ccc(Nc3ccc(N=Nc4c(S(=O)(=O)[O-])cc5c(c4N)C(=O)/C(=N/Nc4ccccc4)C(S(=O)(=O)[O-])=C5)cc3S(=O)(=O)[O-])cc2)C=C1.[Na+].[Na+].[Na+]. The number of hydrazone groups is 2. The molecule has 21 nitrogen and oxygen atoms in total. The molecule has 6 rings (SSSR count). The summed E-state index contributed by atoms with van der Waals surface area (Å²) in [5.41, 5.74) is 9.06. The predicted molar refractivity (Wildman–Crippen MR) is 236 cm³/mol. The molecule has 0 amide bonds. The van der Waals surface area contributed by atoms with Crippen LogP contribution in [0.4, 0.5) is 39.8 Å². The van der Waals surface area contributed by atoms with Crippen LogP contribution in [-0.4, -0.2) is 93.0 Å². The number of carbonyl (C=O) groups excluding carboxylic acids is 2. The molecule has 4 aromatic rings. The average Bonchev–Trinajstić information content (AvgIpc) is 3.24. The van der Waals surface area contributed by atoms with Gasteiger partial charge in [-0.05, 0) is 97.5 Å². The fourth-order valence-corrected chi connectivity index (χ4v) is 8.19. The van der Waals surface area contributed by atoms with Crippen LogP contribution in [0.5, 0.6) is 0 Å². The van der Waals surface area contributed by atoms with Crippen LogP contribution in [0.3, 0.4) is 0 Å². The first kappa shape index (κ1) is 57.4. The standard InChI is InChI=1S/C40H40N10O11S3.3Na/c1-3-50(4-2)19-18-42-28-14-16-30(32(51)22-28)47-44-27-12-10-25(11-13-27)43-31-17-15-29(23-33(31)62(53,54)55)46-48-38-34(63(56,57)58)20-24-21-35(64(59,60)61)39(40(52)36(24)37(38)41)49-45-26-8-6-5-7-9-26;;;/h5-17,20-23,42-45H,3-4,18-19,41H2,1-2H3,(H,53,54,55)(H,56,57,58)(H,59,60,61);;;/q;3*+1/p-3/b47-30-,48-46?,49-39+;;;. The van der Waals surface area contributed by atoms with Crippen molar-refractivity contribution >= 4 is 99.2 Å². The molecule has 27 heteroatoms. The summed E-state index contributed by atoms with van der Waals surface area (Å²) in [6, 6.07) is 17.8. The summed E-state index contributed by atoms with van der Waals surface area (Å²) < 4.78 is 111. The Balaban J connectivity index is 0.00000397. The van der Waals surface area contributed by atoms with Gasteiger partial charge >= 0.3 is 88.7 Å². The molecule has 334 valence electrons. The Morgan fingerprint density at radius 2 is 1.30 bits per heavy atom. The van der Waals surface area contributed by atoms with Crippen molar-refractivity contribution in [3.8, 4) is 0 Å². The van der Waals surface area contributed by atoms with Crippen LogP contribution >= 0.6 is 0 Å². The van der Waals surface area contributed by atoms with E-state index in [1.807, 2.05) is 0 Å². The van der Waals surface area contributed by atoms with Gasteiger partial charge < -0.3 is 34.9 Å². The van der Waals surface area contributed by atoms with Gasteiger partial charge in [-0.1, -0.05) is 32.0 Å². The number of hydrogen-bond donors (Lipinski definition) is 5. The van der Waals surface area contributed by atoms with E-state index >= 15 is 0 Å². The van der Waals surface area contributed by atoms with Crippen LogP contribution in [0.15, 0.2) is 138 Å². The molecule has 2 aliphatic rings. The molecule has 0 atom stereocenters. The number of para-hydroxylation sites is 1.